The van der Waals surface area contributed by atoms with Gasteiger partial charge in [-0.05, 0) is 89.5 Å². The Morgan fingerprint density at radius 2 is 0.556 bits per heavy atom. The van der Waals surface area contributed by atoms with Crippen molar-refractivity contribution < 1.29 is 0 Å². The third kappa shape index (κ3) is 5.88. The molecule has 0 N–H and O–H groups in total. The van der Waals surface area contributed by atoms with Crippen LogP contribution >= 0.6 is 0 Å². The van der Waals surface area contributed by atoms with Gasteiger partial charge in [-0.15, -0.1) is 0 Å². The molecule has 9 nitrogen and oxygen atoms in total. The Labute approximate surface area is 360 Å². The third-order valence-corrected chi connectivity index (χ3v) is 11.4. The summed E-state index contributed by atoms with van der Waals surface area (Å²) in [4.78, 5) is 0. The van der Waals surface area contributed by atoms with Crippen molar-refractivity contribution in [2.75, 3.05) is 0 Å². The molecule has 3 heterocycles. The number of hydrogen-bond acceptors (Lipinski definition) is 6. The maximum absolute atomic E-state index is 9.48. The summed E-state index contributed by atoms with van der Waals surface area (Å²) in [5, 5.41) is 63.1. The smallest absolute Gasteiger partial charge is 0.130 e. The second-order valence-electron chi connectivity index (χ2n) is 14.8. The molecule has 0 aliphatic carbocycles. The summed E-state index contributed by atoms with van der Waals surface area (Å²) in [5.74, 6) is 0. The number of allylic oxidation sites excluding steroid dienone is 3. The van der Waals surface area contributed by atoms with Crippen molar-refractivity contribution in [1.29, 1.82) is 31.6 Å². The Bertz CT molecular complexity index is 3450. The molecule has 10 rings (SSSR count). The summed E-state index contributed by atoms with van der Waals surface area (Å²) in [5.41, 5.74) is 10.8. The molecule has 0 spiro atoms. The standard InChI is InChI=1S/C54H27N9/c55-28-37(29-56)25-34-13-19-40(20-14-34)61-46-10-4-1-7-43(46)49-52(61)50-45-9-3-6-12-48(45)63(42-23-17-36(18-24-42)27-39(32-59)33-60)54(50)51-44-8-2-5-11-47(44)62(53(49)51)41-21-15-35(16-22-41)26-38(30-57)31-58/h1-27H. The predicted molar refractivity (Wildman–Crippen MR) is 247 cm³/mol. The van der Waals surface area contributed by atoms with Crippen molar-refractivity contribution in [3.8, 4) is 53.5 Å². The monoisotopic (exact) mass is 801 g/mol. The minimum absolute atomic E-state index is 0.0172. The molecule has 0 saturated heterocycles. The van der Waals surface area contributed by atoms with E-state index in [1.807, 2.05) is 127 Å². The molecule has 0 unspecified atom stereocenters. The fraction of sp³-hybridized carbons (Fsp3) is 0. The predicted octanol–water partition coefficient (Wildman–Crippen LogP) is 12.3. The van der Waals surface area contributed by atoms with Crippen molar-refractivity contribution >= 4 is 83.6 Å². The minimum atomic E-state index is 0.0172. The number of hydrogen-bond donors (Lipinski definition) is 0. The average Bonchev–Trinajstić information content (AvgIpc) is 3.98. The first kappa shape index (κ1) is 37.4. The highest BCUT2D eigenvalue weighted by Crippen LogP contribution is 2.50. The number of aromatic nitrogens is 3. The van der Waals surface area contributed by atoms with Gasteiger partial charge in [0.25, 0.3) is 0 Å². The summed E-state index contributed by atoms with van der Waals surface area (Å²) in [6, 6.07) is 60.5. The van der Waals surface area contributed by atoms with Gasteiger partial charge < -0.3 is 13.7 Å². The van der Waals surface area contributed by atoms with Crippen LogP contribution in [0.3, 0.4) is 0 Å². The van der Waals surface area contributed by atoms with Crippen molar-refractivity contribution in [2.45, 2.75) is 0 Å². The largest absolute Gasteiger partial charge is 0.308 e. The fourth-order valence-corrected chi connectivity index (χ4v) is 8.88. The third-order valence-electron chi connectivity index (χ3n) is 11.4. The zero-order valence-electron chi connectivity index (χ0n) is 33.1. The SMILES string of the molecule is N#CC(C#N)=Cc1ccc(-n2c3ccccc3c3c2c2c4ccccc4n(-c4ccc(C=C(C#N)C#N)cc4)c2c2c4ccccc4n(-c4ccc(C=C(C#N)C#N)cc4)c32)cc1. The van der Waals surface area contributed by atoms with Crippen molar-refractivity contribution in [1.82, 2.24) is 13.7 Å². The van der Waals surface area contributed by atoms with E-state index in [0.717, 1.165) is 99.2 Å². The van der Waals surface area contributed by atoms with Gasteiger partial charge in [0.15, 0.2) is 0 Å². The fourth-order valence-electron chi connectivity index (χ4n) is 8.88. The topological polar surface area (TPSA) is 158 Å². The lowest BCUT2D eigenvalue weighted by Crippen LogP contribution is -1.98. The number of nitriles is 6. The van der Waals surface area contributed by atoms with Gasteiger partial charge in [0.1, 0.15) is 53.1 Å². The number of para-hydroxylation sites is 3. The zero-order chi connectivity index (χ0) is 43.2. The van der Waals surface area contributed by atoms with Crippen LogP contribution in [0.2, 0.25) is 0 Å². The van der Waals surface area contributed by atoms with Crippen LogP contribution in [0.15, 0.2) is 162 Å². The van der Waals surface area contributed by atoms with Crippen molar-refractivity contribution in [3.63, 3.8) is 0 Å². The number of benzene rings is 7. The van der Waals surface area contributed by atoms with Gasteiger partial charge in [0.2, 0.25) is 0 Å². The Morgan fingerprint density at radius 3 is 0.794 bits per heavy atom. The Kier molecular flexibility index (Phi) is 8.92. The summed E-state index contributed by atoms with van der Waals surface area (Å²) >= 11 is 0. The second-order valence-corrected chi connectivity index (χ2v) is 14.8. The quantitative estimate of drug-likeness (QED) is 0.152. The lowest BCUT2D eigenvalue weighted by atomic mass is 10.0. The molecule has 0 radical (unpaired) electrons. The maximum atomic E-state index is 9.48. The lowest BCUT2D eigenvalue weighted by molar-refractivity contribution is 1.17. The Morgan fingerprint density at radius 1 is 0.317 bits per heavy atom. The van der Waals surface area contributed by atoms with E-state index in [-0.39, 0.29) is 16.7 Å². The maximum Gasteiger partial charge on any atom is 0.130 e. The van der Waals surface area contributed by atoms with E-state index < -0.39 is 0 Å². The van der Waals surface area contributed by atoms with Crippen LogP contribution in [0.25, 0.3) is 101 Å². The van der Waals surface area contributed by atoms with Crippen LogP contribution in [-0.2, 0) is 0 Å². The summed E-state index contributed by atoms with van der Waals surface area (Å²) in [6.07, 6.45) is 4.73. The first-order valence-electron chi connectivity index (χ1n) is 19.8. The minimum Gasteiger partial charge on any atom is -0.308 e. The highest BCUT2D eigenvalue weighted by Gasteiger charge is 2.28. The van der Waals surface area contributed by atoms with Gasteiger partial charge in [0, 0.05) is 49.4 Å². The Balaban J connectivity index is 1.42. The van der Waals surface area contributed by atoms with E-state index >= 15 is 0 Å². The highest BCUT2D eigenvalue weighted by atomic mass is 15.0. The molecule has 3 aromatic heterocycles. The van der Waals surface area contributed by atoms with E-state index in [2.05, 4.69) is 68.3 Å². The Hall–Kier alpha value is -9.90. The summed E-state index contributed by atoms with van der Waals surface area (Å²) < 4.78 is 6.89. The van der Waals surface area contributed by atoms with Crippen LogP contribution in [0.1, 0.15) is 16.7 Å². The molecule has 0 bridgehead atoms. The van der Waals surface area contributed by atoms with Crippen LogP contribution in [0.5, 0.6) is 0 Å². The van der Waals surface area contributed by atoms with Gasteiger partial charge in [-0.25, -0.2) is 0 Å². The summed E-state index contributed by atoms with van der Waals surface area (Å²) in [6.45, 7) is 0. The number of fused-ring (bicyclic) bond motifs is 12. The van der Waals surface area contributed by atoms with Crippen LogP contribution in [-0.4, -0.2) is 13.7 Å². The molecule has 9 heteroatoms. The van der Waals surface area contributed by atoms with Gasteiger partial charge in [-0.1, -0.05) is 91.0 Å². The number of rotatable bonds is 6. The molecular formula is C54H27N9. The van der Waals surface area contributed by atoms with Crippen molar-refractivity contribution in [3.05, 3.63) is 179 Å². The van der Waals surface area contributed by atoms with Gasteiger partial charge in [0.05, 0.1) is 33.1 Å². The summed E-state index contributed by atoms with van der Waals surface area (Å²) in [7, 11) is 0. The molecule has 0 aliphatic heterocycles. The van der Waals surface area contributed by atoms with Crippen LogP contribution in [0.4, 0.5) is 0 Å². The van der Waals surface area contributed by atoms with E-state index in [4.69, 9.17) is 0 Å². The van der Waals surface area contributed by atoms with Crippen LogP contribution < -0.4 is 0 Å². The molecule has 10 aromatic rings. The zero-order valence-corrected chi connectivity index (χ0v) is 33.1. The number of nitrogens with zero attached hydrogens (tertiary/aromatic N) is 9. The molecule has 0 amide bonds. The van der Waals surface area contributed by atoms with E-state index in [1.165, 1.54) is 0 Å². The molecule has 0 saturated carbocycles. The van der Waals surface area contributed by atoms with Gasteiger partial charge in [-0.2, -0.15) is 31.6 Å². The van der Waals surface area contributed by atoms with Crippen LogP contribution in [0, 0.1) is 68.0 Å². The second kappa shape index (κ2) is 15.0. The molecule has 0 aliphatic rings. The highest BCUT2D eigenvalue weighted by molar-refractivity contribution is 6.40. The van der Waals surface area contributed by atoms with E-state index in [9.17, 15) is 31.6 Å². The molecule has 288 valence electrons. The molecule has 0 fully saturated rings. The first-order valence-corrected chi connectivity index (χ1v) is 19.8. The normalized spacial score (nSPS) is 10.8. The first-order chi connectivity index (χ1) is 31.0. The average molecular weight is 802 g/mol. The molecule has 63 heavy (non-hydrogen) atoms. The van der Waals surface area contributed by atoms with Crippen molar-refractivity contribution in [2.24, 2.45) is 0 Å². The van der Waals surface area contributed by atoms with E-state index in [1.54, 1.807) is 18.2 Å². The molecular weight excluding hydrogens is 775 g/mol. The van der Waals surface area contributed by atoms with E-state index in [0.29, 0.717) is 0 Å². The van der Waals surface area contributed by atoms with Gasteiger partial charge in [-0.3, -0.25) is 0 Å². The molecule has 7 aromatic carbocycles. The van der Waals surface area contributed by atoms with Gasteiger partial charge >= 0.3 is 0 Å². The molecule has 0 atom stereocenters. The lowest BCUT2D eigenvalue weighted by Gasteiger charge is -2.14.